The Morgan fingerprint density at radius 3 is 2.38 bits per heavy atom. The van der Waals surface area contributed by atoms with Crippen molar-refractivity contribution in [3.63, 3.8) is 0 Å². The highest BCUT2D eigenvalue weighted by molar-refractivity contribution is 6.32. The molecule has 7 heteroatoms. The Hall–Kier alpha value is -3.25. The monoisotopic (exact) mass is 415 g/mol. The number of aromatic carboxylic acids is 1. The van der Waals surface area contributed by atoms with Crippen molar-refractivity contribution in [3.8, 4) is 11.5 Å². The molecule has 0 aliphatic rings. The van der Waals surface area contributed by atoms with E-state index in [2.05, 4.69) is 5.32 Å². The summed E-state index contributed by atoms with van der Waals surface area (Å²) in [5.74, 6) is -0.381. The van der Waals surface area contributed by atoms with Gasteiger partial charge in [-0.3, -0.25) is 0 Å². The standard InChI is InChI=1S/C22H19ClFNO4/c1-28-20-11-15(12-25-18-8-4-16(5-9-18)22(26)27)10-19(23)21(20)29-13-14-2-6-17(24)7-3-14/h2-11,25H,12-13H2,1H3,(H,26,27). The Bertz CT molecular complexity index is 991. The van der Waals surface area contributed by atoms with Gasteiger partial charge in [0, 0.05) is 12.2 Å². The van der Waals surface area contributed by atoms with Crippen LogP contribution in [0, 0.1) is 5.82 Å². The second-order valence-corrected chi connectivity index (χ2v) is 6.67. The van der Waals surface area contributed by atoms with Gasteiger partial charge in [0.25, 0.3) is 0 Å². The molecule has 3 rings (SSSR count). The average molecular weight is 416 g/mol. The number of carboxylic acid groups (broad SMARTS) is 1. The van der Waals surface area contributed by atoms with Crippen molar-refractivity contribution in [3.05, 3.63) is 88.2 Å². The molecule has 0 spiro atoms. The molecule has 0 aliphatic heterocycles. The van der Waals surface area contributed by atoms with Gasteiger partial charge in [0.1, 0.15) is 12.4 Å². The molecular formula is C22H19ClFNO4. The van der Waals surface area contributed by atoms with Crippen LogP contribution >= 0.6 is 11.6 Å². The van der Waals surface area contributed by atoms with Crippen molar-refractivity contribution in [2.24, 2.45) is 0 Å². The van der Waals surface area contributed by atoms with E-state index >= 15 is 0 Å². The van der Waals surface area contributed by atoms with E-state index in [0.29, 0.717) is 23.1 Å². The minimum absolute atomic E-state index is 0.225. The molecule has 3 aromatic rings. The van der Waals surface area contributed by atoms with E-state index < -0.39 is 5.97 Å². The van der Waals surface area contributed by atoms with Gasteiger partial charge in [-0.1, -0.05) is 23.7 Å². The smallest absolute Gasteiger partial charge is 0.335 e. The highest BCUT2D eigenvalue weighted by Gasteiger charge is 2.13. The van der Waals surface area contributed by atoms with Gasteiger partial charge < -0.3 is 19.9 Å². The summed E-state index contributed by atoms with van der Waals surface area (Å²) in [6, 6.07) is 16.1. The van der Waals surface area contributed by atoms with Crippen molar-refractivity contribution in [1.29, 1.82) is 0 Å². The molecule has 0 unspecified atom stereocenters. The van der Waals surface area contributed by atoms with E-state index in [0.717, 1.165) is 16.8 Å². The average Bonchev–Trinajstić information content (AvgIpc) is 2.72. The van der Waals surface area contributed by atoms with Crippen LogP contribution in [0.2, 0.25) is 5.02 Å². The molecule has 0 saturated carbocycles. The van der Waals surface area contributed by atoms with Gasteiger partial charge in [-0.25, -0.2) is 9.18 Å². The molecule has 2 N–H and O–H groups in total. The summed E-state index contributed by atoms with van der Waals surface area (Å²) in [6.45, 7) is 0.685. The number of carboxylic acids is 1. The van der Waals surface area contributed by atoms with Crippen molar-refractivity contribution in [2.45, 2.75) is 13.2 Å². The lowest BCUT2D eigenvalue weighted by molar-refractivity contribution is 0.0697. The Balaban J connectivity index is 1.68. The van der Waals surface area contributed by atoms with Crippen LogP contribution in [-0.2, 0) is 13.2 Å². The van der Waals surface area contributed by atoms with Crippen LogP contribution in [0.1, 0.15) is 21.5 Å². The predicted octanol–water partition coefficient (Wildman–Crippen LogP) is 5.38. The number of anilines is 1. The quantitative estimate of drug-likeness (QED) is 0.517. The maximum absolute atomic E-state index is 13.0. The third-order valence-corrected chi connectivity index (χ3v) is 4.49. The number of carbonyl (C=O) groups is 1. The molecule has 0 atom stereocenters. The van der Waals surface area contributed by atoms with Crippen molar-refractivity contribution in [2.75, 3.05) is 12.4 Å². The van der Waals surface area contributed by atoms with E-state index in [1.165, 1.54) is 31.4 Å². The van der Waals surface area contributed by atoms with E-state index in [9.17, 15) is 9.18 Å². The second-order valence-electron chi connectivity index (χ2n) is 6.26. The molecule has 0 aromatic heterocycles. The molecule has 0 saturated heterocycles. The Kier molecular flexibility index (Phi) is 6.57. The summed E-state index contributed by atoms with van der Waals surface area (Å²) in [6.07, 6.45) is 0. The number of hydrogen-bond donors (Lipinski definition) is 2. The van der Waals surface area contributed by atoms with E-state index in [-0.39, 0.29) is 18.0 Å². The normalized spacial score (nSPS) is 10.4. The summed E-state index contributed by atoms with van der Waals surface area (Å²) in [7, 11) is 1.53. The molecule has 0 heterocycles. The summed E-state index contributed by atoms with van der Waals surface area (Å²) >= 11 is 6.38. The summed E-state index contributed by atoms with van der Waals surface area (Å²) in [5, 5.41) is 12.5. The summed E-state index contributed by atoms with van der Waals surface area (Å²) < 4.78 is 24.2. The van der Waals surface area contributed by atoms with Gasteiger partial charge in [0.05, 0.1) is 17.7 Å². The molecule has 0 aliphatic carbocycles. The Labute approximate surface area is 172 Å². The van der Waals surface area contributed by atoms with Gasteiger partial charge in [0.2, 0.25) is 0 Å². The van der Waals surface area contributed by atoms with E-state index in [1.54, 1.807) is 30.3 Å². The fourth-order valence-electron chi connectivity index (χ4n) is 2.69. The summed E-state index contributed by atoms with van der Waals surface area (Å²) in [5.41, 5.74) is 2.67. The first-order valence-electron chi connectivity index (χ1n) is 8.77. The van der Waals surface area contributed by atoms with Crippen molar-refractivity contribution >= 4 is 23.3 Å². The third-order valence-electron chi connectivity index (χ3n) is 4.21. The maximum atomic E-state index is 13.0. The molecule has 0 bridgehead atoms. The number of hydrogen-bond acceptors (Lipinski definition) is 4. The van der Waals surface area contributed by atoms with Crippen molar-refractivity contribution < 1.29 is 23.8 Å². The highest BCUT2D eigenvalue weighted by Crippen LogP contribution is 2.37. The first-order valence-corrected chi connectivity index (χ1v) is 9.15. The summed E-state index contributed by atoms with van der Waals surface area (Å²) in [4.78, 5) is 10.9. The predicted molar refractivity (Wildman–Crippen MR) is 109 cm³/mol. The van der Waals surface area contributed by atoms with Crippen LogP contribution in [0.3, 0.4) is 0 Å². The van der Waals surface area contributed by atoms with Crippen LogP contribution in [-0.4, -0.2) is 18.2 Å². The number of benzene rings is 3. The fraction of sp³-hybridized carbons (Fsp3) is 0.136. The first-order chi connectivity index (χ1) is 14.0. The first kappa shape index (κ1) is 20.5. The van der Waals surface area contributed by atoms with Crippen molar-refractivity contribution in [1.82, 2.24) is 0 Å². The lowest BCUT2D eigenvalue weighted by Gasteiger charge is -2.15. The van der Waals surface area contributed by atoms with Gasteiger partial charge in [-0.15, -0.1) is 0 Å². The van der Waals surface area contributed by atoms with Gasteiger partial charge >= 0.3 is 5.97 Å². The van der Waals surface area contributed by atoms with Crippen LogP contribution in [0.25, 0.3) is 0 Å². The largest absolute Gasteiger partial charge is 0.493 e. The molecular weight excluding hydrogens is 397 g/mol. The zero-order chi connectivity index (χ0) is 20.8. The Morgan fingerprint density at radius 1 is 1.07 bits per heavy atom. The minimum Gasteiger partial charge on any atom is -0.493 e. The molecule has 5 nitrogen and oxygen atoms in total. The topological polar surface area (TPSA) is 67.8 Å². The van der Waals surface area contributed by atoms with Crippen LogP contribution in [0.15, 0.2) is 60.7 Å². The zero-order valence-corrected chi connectivity index (χ0v) is 16.4. The van der Waals surface area contributed by atoms with E-state index in [4.69, 9.17) is 26.2 Å². The lowest BCUT2D eigenvalue weighted by atomic mass is 10.1. The lowest BCUT2D eigenvalue weighted by Crippen LogP contribution is -2.03. The number of methoxy groups -OCH3 is 1. The maximum Gasteiger partial charge on any atom is 0.335 e. The second kappa shape index (κ2) is 9.30. The van der Waals surface area contributed by atoms with Gasteiger partial charge in [-0.05, 0) is 59.7 Å². The number of ether oxygens (including phenoxy) is 2. The zero-order valence-electron chi connectivity index (χ0n) is 15.6. The highest BCUT2D eigenvalue weighted by atomic mass is 35.5. The fourth-order valence-corrected chi connectivity index (χ4v) is 2.97. The minimum atomic E-state index is -0.968. The van der Waals surface area contributed by atoms with Crippen LogP contribution < -0.4 is 14.8 Å². The molecule has 0 amide bonds. The SMILES string of the molecule is COc1cc(CNc2ccc(C(=O)O)cc2)cc(Cl)c1OCc1ccc(F)cc1. The number of rotatable bonds is 8. The van der Waals surface area contributed by atoms with Crippen LogP contribution in [0.5, 0.6) is 11.5 Å². The van der Waals surface area contributed by atoms with E-state index in [1.807, 2.05) is 6.07 Å². The van der Waals surface area contributed by atoms with Gasteiger partial charge in [-0.2, -0.15) is 0 Å². The number of halogens is 2. The molecule has 0 fully saturated rings. The Morgan fingerprint density at radius 2 is 1.76 bits per heavy atom. The molecule has 0 radical (unpaired) electrons. The molecule has 3 aromatic carbocycles. The third kappa shape index (κ3) is 5.39. The molecule has 150 valence electrons. The number of nitrogens with one attached hydrogen (secondary N) is 1. The van der Waals surface area contributed by atoms with Gasteiger partial charge in [0.15, 0.2) is 11.5 Å². The molecule has 29 heavy (non-hydrogen) atoms. The van der Waals surface area contributed by atoms with Crippen LogP contribution in [0.4, 0.5) is 10.1 Å².